The van der Waals surface area contributed by atoms with Crippen molar-refractivity contribution in [3.8, 4) is 5.75 Å². The Hall–Kier alpha value is -3.80. The van der Waals surface area contributed by atoms with Gasteiger partial charge in [-0.3, -0.25) is 9.69 Å². The fourth-order valence-corrected chi connectivity index (χ4v) is 4.33. The molecule has 0 bridgehead atoms. The summed E-state index contributed by atoms with van der Waals surface area (Å²) in [6, 6.07) is 25.1. The van der Waals surface area contributed by atoms with Crippen molar-refractivity contribution in [2.45, 2.75) is 32.2 Å². The normalized spacial score (nSPS) is 14.6. The van der Waals surface area contributed by atoms with Crippen molar-refractivity contribution in [2.24, 2.45) is 0 Å². The smallest absolute Gasteiger partial charge is 0.324 e. The lowest BCUT2D eigenvalue weighted by Crippen LogP contribution is -2.49. The van der Waals surface area contributed by atoms with E-state index in [1.807, 2.05) is 90.7 Å². The molecule has 3 aromatic rings. The molecule has 1 aliphatic heterocycles. The number of urea groups is 1. The van der Waals surface area contributed by atoms with Crippen LogP contribution in [0.1, 0.15) is 36.8 Å². The molecule has 0 aromatic heterocycles. The van der Waals surface area contributed by atoms with E-state index in [4.69, 9.17) is 4.74 Å². The van der Waals surface area contributed by atoms with E-state index in [-0.39, 0.29) is 17.9 Å². The zero-order chi connectivity index (χ0) is 23.9. The topological polar surface area (TPSA) is 61.9 Å². The van der Waals surface area contributed by atoms with Crippen LogP contribution in [0.4, 0.5) is 16.2 Å². The van der Waals surface area contributed by atoms with E-state index in [0.29, 0.717) is 13.1 Å². The van der Waals surface area contributed by atoms with E-state index >= 15 is 0 Å². The van der Waals surface area contributed by atoms with Crippen LogP contribution in [-0.4, -0.2) is 37.0 Å². The summed E-state index contributed by atoms with van der Waals surface area (Å²) in [4.78, 5) is 29.7. The molecule has 1 N–H and O–H groups in total. The van der Waals surface area contributed by atoms with Crippen molar-refractivity contribution in [3.05, 3.63) is 90.0 Å². The van der Waals surface area contributed by atoms with E-state index < -0.39 is 0 Å². The van der Waals surface area contributed by atoms with Gasteiger partial charge in [-0.05, 0) is 60.4 Å². The van der Waals surface area contributed by atoms with Gasteiger partial charge in [0.1, 0.15) is 5.75 Å². The molecular formula is C28H31N3O3. The Kier molecular flexibility index (Phi) is 7.48. The molecule has 3 aromatic carbocycles. The fourth-order valence-electron chi connectivity index (χ4n) is 4.33. The van der Waals surface area contributed by atoms with Crippen LogP contribution in [0.15, 0.2) is 78.9 Å². The summed E-state index contributed by atoms with van der Waals surface area (Å²) in [5.74, 6) is 0.578. The molecule has 4 rings (SSSR count). The number of hydrogen-bond donors (Lipinski definition) is 1. The first-order valence-corrected chi connectivity index (χ1v) is 11.7. The Bertz CT molecular complexity index is 1100. The highest BCUT2D eigenvalue weighted by atomic mass is 16.5. The number of ether oxygens (including phenoxy) is 1. The molecule has 1 atom stereocenters. The van der Waals surface area contributed by atoms with Gasteiger partial charge in [-0.1, -0.05) is 49.4 Å². The molecule has 0 spiro atoms. The van der Waals surface area contributed by atoms with Crippen LogP contribution in [0.5, 0.6) is 5.75 Å². The van der Waals surface area contributed by atoms with Crippen LogP contribution in [0.25, 0.3) is 0 Å². The standard InChI is InChI=1S/C28H31N3O3/c1-3-26(22-8-5-4-6-9-22)27(32)29-23-12-14-24(15-13-23)31-19-7-18-30(28(31)33)20-21-10-16-25(34-2)17-11-21/h4-6,8-17,26H,3,7,18-20H2,1-2H3,(H,29,32)/t26-/m1/s1. The third kappa shape index (κ3) is 5.39. The lowest BCUT2D eigenvalue weighted by atomic mass is 9.95. The molecule has 3 amide bonds. The molecule has 1 fully saturated rings. The highest BCUT2D eigenvalue weighted by molar-refractivity contribution is 5.97. The first kappa shape index (κ1) is 23.4. The van der Waals surface area contributed by atoms with Crippen molar-refractivity contribution in [2.75, 3.05) is 30.4 Å². The number of carbonyl (C=O) groups is 2. The lowest BCUT2D eigenvalue weighted by Gasteiger charge is -2.35. The number of benzene rings is 3. The lowest BCUT2D eigenvalue weighted by molar-refractivity contribution is -0.117. The minimum Gasteiger partial charge on any atom is -0.497 e. The second kappa shape index (κ2) is 10.9. The predicted molar refractivity (Wildman–Crippen MR) is 135 cm³/mol. The summed E-state index contributed by atoms with van der Waals surface area (Å²) in [7, 11) is 1.64. The van der Waals surface area contributed by atoms with Crippen molar-refractivity contribution in [3.63, 3.8) is 0 Å². The van der Waals surface area contributed by atoms with Gasteiger partial charge in [0.05, 0.1) is 13.0 Å². The highest BCUT2D eigenvalue weighted by Crippen LogP contribution is 2.25. The average molecular weight is 458 g/mol. The van der Waals surface area contributed by atoms with E-state index in [2.05, 4.69) is 5.32 Å². The van der Waals surface area contributed by atoms with Gasteiger partial charge in [-0.15, -0.1) is 0 Å². The molecule has 0 aliphatic carbocycles. The number of anilines is 2. The van der Waals surface area contributed by atoms with Gasteiger partial charge in [0, 0.05) is 31.0 Å². The second-order valence-corrected chi connectivity index (χ2v) is 8.47. The minimum atomic E-state index is -0.198. The highest BCUT2D eigenvalue weighted by Gasteiger charge is 2.27. The van der Waals surface area contributed by atoms with E-state index in [1.54, 1.807) is 12.0 Å². The Labute approximate surface area is 201 Å². The maximum atomic E-state index is 13.2. The van der Waals surface area contributed by atoms with Gasteiger partial charge in [-0.25, -0.2) is 4.79 Å². The van der Waals surface area contributed by atoms with Crippen LogP contribution in [0.3, 0.4) is 0 Å². The largest absolute Gasteiger partial charge is 0.497 e. The third-order valence-corrected chi connectivity index (χ3v) is 6.22. The molecule has 1 saturated heterocycles. The zero-order valence-corrected chi connectivity index (χ0v) is 19.7. The number of nitrogens with one attached hydrogen (secondary N) is 1. The van der Waals surface area contributed by atoms with E-state index in [9.17, 15) is 9.59 Å². The summed E-state index contributed by atoms with van der Waals surface area (Å²) in [5.41, 5.74) is 3.63. The van der Waals surface area contributed by atoms with Crippen LogP contribution < -0.4 is 15.0 Å². The number of carbonyl (C=O) groups excluding carboxylic acids is 2. The fraction of sp³-hybridized carbons (Fsp3) is 0.286. The van der Waals surface area contributed by atoms with Crippen molar-refractivity contribution >= 4 is 23.3 Å². The Balaban J connectivity index is 1.40. The molecule has 0 unspecified atom stereocenters. The number of methoxy groups -OCH3 is 1. The van der Waals surface area contributed by atoms with Gasteiger partial charge in [0.25, 0.3) is 0 Å². The van der Waals surface area contributed by atoms with E-state index in [0.717, 1.165) is 47.6 Å². The van der Waals surface area contributed by atoms with Crippen LogP contribution in [-0.2, 0) is 11.3 Å². The first-order chi connectivity index (χ1) is 16.6. The SMILES string of the molecule is CC[C@@H](C(=O)Nc1ccc(N2CCCN(Cc3ccc(OC)cc3)C2=O)cc1)c1ccccc1. The maximum Gasteiger partial charge on any atom is 0.324 e. The monoisotopic (exact) mass is 457 g/mol. The quantitative estimate of drug-likeness (QED) is 0.475. The van der Waals surface area contributed by atoms with Crippen molar-refractivity contribution in [1.82, 2.24) is 4.90 Å². The summed E-state index contributed by atoms with van der Waals surface area (Å²) in [5, 5.41) is 3.02. The van der Waals surface area contributed by atoms with Gasteiger partial charge in [0.15, 0.2) is 0 Å². The first-order valence-electron chi connectivity index (χ1n) is 11.7. The van der Waals surface area contributed by atoms with Crippen LogP contribution >= 0.6 is 0 Å². The molecule has 0 saturated carbocycles. The molecule has 176 valence electrons. The van der Waals surface area contributed by atoms with Crippen LogP contribution in [0, 0.1) is 0 Å². The summed E-state index contributed by atoms with van der Waals surface area (Å²) < 4.78 is 5.22. The van der Waals surface area contributed by atoms with Gasteiger partial charge in [-0.2, -0.15) is 0 Å². The van der Waals surface area contributed by atoms with Crippen LogP contribution in [0.2, 0.25) is 0 Å². The molecule has 6 heteroatoms. The minimum absolute atomic E-state index is 0.00558. The predicted octanol–water partition coefficient (Wildman–Crippen LogP) is 5.66. The molecular weight excluding hydrogens is 426 g/mol. The Morgan fingerprint density at radius 1 is 0.971 bits per heavy atom. The summed E-state index contributed by atoms with van der Waals surface area (Å²) in [6.07, 6.45) is 1.62. The number of rotatable bonds is 8. The van der Waals surface area contributed by atoms with Gasteiger partial charge >= 0.3 is 6.03 Å². The Morgan fingerprint density at radius 3 is 2.32 bits per heavy atom. The molecule has 34 heavy (non-hydrogen) atoms. The van der Waals surface area contributed by atoms with Crippen molar-refractivity contribution in [1.29, 1.82) is 0 Å². The summed E-state index contributed by atoms with van der Waals surface area (Å²) >= 11 is 0. The average Bonchev–Trinajstić information content (AvgIpc) is 2.87. The number of hydrogen-bond acceptors (Lipinski definition) is 3. The van der Waals surface area contributed by atoms with Crippen molar-refractivity contribution < 1.29 is 14.3 Å². The molecule has 0 radical (unpaired) electrons. The molecule has 1 heterocycles. The second-order valence-electron chi connectivity index (χ2n) is 8.47. The number of nitrogens with zero attached hydrogens (tertiary/aromatic N) is 2. The van der Waals surface area contributed by atoms with Gasteiger partial charge < -0.3 is 15.0 Å². The zero-order valence-electron chi connectivity index (χ0n) is 19.7. The van der Waals surface area contributed by atoms with Gasteiger partial charge in [0.2, 0.25) is 5.91 Å². The van der Waals surface area contributed by atoms with E-state index in [1.165, 1.54) is 0 Å². The Morgan fingerprint density at radius 2 is 1.68 bits per heavy atom. The summed E-state index contributed by atoms with van der Waals surface area (Å²) in [6.45, 7) is 3.98. The maximum absolute atomic E-state index is 13.2. The number of amides is 3. The molecule has 1 aliphatic rings. The molecule has 6 nitrogen and oxygen atoms in total. The third-order valence-electron chi connectivity index (χ3n) is 6.22.